The van der Waals surface area contributed by atoms with Crippen LogP contribution in [0.4, 0.5) is 0 Å². The summed E-state index contributed by atoms with van der Waals surface area (Å²) in [5.74, 6) is -0.283. The molecule has 7 heteroatoms. The Bertz CT molecular complexity index is 1270. The molecular formula is C23H17BrN4O2. The van der Waals surface area contributed by atoms with Gasteiger partial charge in [0.2, 0.25) is 0 Å². The molecule has 0 saturated heterocycles. The molecule has 2 N–H and O–H groups in total. The van der Waals surface area contributed by atoms with Crippen molar-refractivity contribution >= 4 is 38.5 Å². The Balaban J connectivity index is 1.71. The number of amides is 1. The molecule has 2 aromatic carbocycles. The Morgan fingerprint density at radius 1 is 1.07 bits per heavy atom. The predicted octanol–water partition coefficient (Wildman–Crippen LogP) is 4.92. The molecule has 0 saturated carbocycles. The third-order valence-corrected chi connectivity index (χ3v) is 5.08. The van der Waals surface area contributed by atoms with Crippen LogP contribution in [0, 0.1) is 0 Å². The Kier molecular flexibility index (Phi) is 5.54. The number of benzene rings is 2. The summed E-state index contributed by atoms with van der Waals surface area (Å²) in [5.41, 5.74) is 6.22. The Labute approximate surface area is 181 Å². The first kappa shape index (κ1) is 19.7. The average molecular weight is 461 g/mol. The number of phenols is 1. The first-order valence-electron chi connectivity index (χ1n) is 9.16. The van der Waals surface area contributed by atoms with Crippen LogP contribution >= 0.6 is 15.9 Å². The van der Waals surface area contributed by atoms with Gasteiger partial charge in [-0.2, -0.15) is 5.10 Å². The molecule has 0 unspecified atom stereocenters. The van der Waals surface area contributed by atoms with Gasteiger partial charge in [-0.1, -0.05) is 34.1 Å². The van der Waals surface area contributed by atoms with E-state index in [2.05, 4.69) is 36.4 Å². The number of aromatic hydroxyl groups is 1. The minimum absolute atomic E-state index is 0.0851. The van der Waals surface area contributed by atoms with Crippen molar-refractivity contribution in [1.82, 2.24) is 15.4 Å². The van der Waals surface area contributed by atoms with Gasteiger partial charge in [0.1, 0.15) is 5.75 Å². The molecule has 0 aliphatic rings. The summed E-state index contributed by atoms with van der Waals surface area (Å²) in [5, 5.41) is 15.0. The number of nitrogens with one attached hydrogen (secondary N) is 1. The first-order valence-corrected chi connectivity index (χ1v) is 9.96. The van der Waals surface area contributed by atoms with Crippen LogP contribution in [0.1, 0.15) is 22.8 Å². The van der Waals surface area contributed by atoms with E-state index in [4.69, 9.17) is 0 Å². The van der Waals surface area contributed by atoms with Crippen molar-refractivity contribution in [2.75, 3.05) is 0 Å². The molecule has 2 heterocycles. The molecule has 0 aliphatic heterocycles. The number of nitrogens with zero attached hydrogens (tertiary/aromatic N) is 3. The van der Waals surface area contributed by atoms with E-state index in [0.29, 0.717) is 28.0 Å². The highest BCUT2D eigenvalue weighted by Crippen LogP contribution is 2.25. The Hall–Kier alpha value is -3.58. The van der Waals surface area contributed by atoms with E-state index in [-0.39, 0.29) is 11.7 Å². The zero-order valence-electron chi connectivity index (χ0n) is 16.0. The number of hydrogen-bond acceptors (Lipinski definition) is 5. The molecule has 0 atom stereocenters. The number of carbonyl (C=O) groups is 1. The zero-order chi connectivity index (χ0) is 21.1. The third kappa shape index (κ3) is 4.06. The molecule has 2 aromatic heterocycles. The lowest BCUT2D eigenvalue weighted by Gasteiger charge is -2.10. The van der Waals surface area contributed by atoms with Crippen LogP contribution in [0.2, 0.25) is 0 Å². The fourth-order valence-electron chi connectivity index (χ4n) is 3.08. The molecule has 30 heavy (non-hydrogen) atoms. The van der Waals surface area contributed by atoms with Crippen molar-refractivity contribution in [3.8, 4) is 17.0 Å². The standard InChI is InChI=1S/C23H17BrN4O2/c1-14(18-11-16(24)8-9-22(18)29)27-28-23(30)19-12-21(15-5-4-10-25-13-15)26-20-7-3-2-6-17(19)20/h2-13,29H,1H3,(H,28,30). The minimum Gasteiger partial charge on any atom is -0.507 e. The number of halogens is 1. The Morgan fingerprint density at radius 2 is 1.90 bits per heavy atom. The van der Waals surface area contributed by atoms with Gasteiger partial charge in [-0.05, 0) is 49.4 Å². The lowest BCUT2D eigenvalue weighted by molar-refractivity contribution is 0.0956. The first-order chi connectivity index (χ1) is 14.5. The minimum atomic E-state index is -0.368. The third-order valence-electron chi connectivity index (χ3n) is 4.59. The molecule has 4 aromatic rings. The van der Waals surface area contributed by atoms with Crippen LogP contribution in [-0.2, 0) is 0 Å². The largest absolute Gasteiger partial charge is 0.507 e. The summed E-state index contributed by atoms with van der Waals surface area (Å²) in [6.07, 6.45) is 3.39. The molecule has 1 amide bonds. The van der Waals surface area contributed by atoms with Crippen molar-refractivity contribution in [1.29, 1.82) is 0 Å². The van der Waals surface area contributed by atoms with Crippen molar-refractivity contribution in [2.24, 2.45) is 5.10 Å². The highest BCUT2D eigenvalue weighted by molar-refractivity contribution is 9.10. The molecule has 0 aliphatic carbocycles. The van der Waals surface area contributed by atoms with Gasteiger partial charge in [-0.15, -0.1) is 0 Å². The highest BCUT2D eigenvalue weighted by atomic mass is 79.9. The molecule has 0 fully saturated rings. The van der Waals surface area contributed by atoms with Crippen molar-refractivity contribution in [2.45, 2.75) is 6.92 Å². The normalized spacial score (nSPS) is 11.5. The van der Waals surface area contributed by atoms with Gasteiger partial charge < -0.3 is 5.11 Å². The number of phenolic OH excluding ortho intramolecular Hbond substituents is 1. The number of aromatic nitrogens is 2. The Morgan fingerprint density at radius 3 is 2.70 bits per heavy atom. The number of pyridine rings is 2. The fraction of sp³-hybridized carbons (Fsp3) is 0.0435. The molecule has 0 bridgehead atoms. The van der Waals surface area contributed by atoms with Gasteiger partial charge >= 0.3 is 0 Å². The smallest absolute Gasteiger partial charge is 0.272 e. The molecule has 148 valence electrons. The second-order valence-electron chi connectivity index (χ2n) is 6.61. The van der Waals surface area contributed by atoms with Crippen LogP contribution < -0.4 is 5.43 Å². The van der Waals surface area contributed by atoms with Gasteiger partial charge in [-0.25, -0.2) is 10.4 Å². The number of rotatable bonds is 4. The van der Waals surface area contributed by atoms with Crippen LogP contribution in [0.25, 0.3) is 22.2 Å². The second-order valence-corrected chi connectivity index (χ2v) is 7.53. The quantitative estimate of drug-likeness (QED) is 0.334. The maximum atomic E-state index is 13.0. The monoisotopic (exact) mass is 460 g/mol. The van der Waals surface area contributed by atoms with Crippen LogP contribution in [-0.4, -0.2) is 26.7 Å². The summed E-state index contributed by atoms with van der Waals surface area (Å²) < 4.78 is 0.803. The zero-order valence-corrected chi connectivity index (χ0v) is 17.6. The summed E-state index contributed by atoms with van der Waals surface area (Å²) in [7, 11) is 0. The summed E-state index contributed by atoms with van der Waals surface area (Å²) >= 11 is 3.37. The number of carbonyl (C=O) groups excluding carboxylic acids is 1. The van der Waals surface area contributed by atoms with Crippen LogP contribution in [0.3, 0.4) is 0 Å². The maximum absolute atomic E-state index is 13.0. The van der Waals surface area contributed by atoms with E-state index in [1.165, 1.54) is 0 Å². The molecule has 4 rings (SSSR count). The van der Waals surface area contributed by atoms with Crippen molar-refractivity contribution < 1.29 is 9.90 Å². The average Bonchev–Trinajstić information content (AvgIpc) is 2.78. The number of hydrogen-bond donors (Lipinski definition) is 2. The topological polar surface area (TPSA) is 87.5 Å². The van der Waals surface area contributed by atoms with E-state index in [1.54, 1.807) is 43.6 Å². The van der Waals surface area contributed by atoms with Crippen LogP contribution in [0.5, 0.6) is 5.75 Å². The van der Waals surface area contributed by atoms with Gasteiger partial charge in [0.05, 0.1) is 22.5 Å². The summed E-state index contributed by atoms with van der Waals surface area (Å²) in [6, 6.07) is 17.9. The fourth-order valence-corrected chi connectivity index (χ4v) is 3.44. The van der Waals surface area contributed by atoms with Gasteiger partial charge in [0, 0.05) is 33.4 Å². The molecule has 6 nitrogen and oxygen atoms in total. The van der Waals surface area contributed by atoms with E-state index in [1.807, 2.05) is 36.4 Å². The second kappa shape index (κ2) is 8.42. The summed E-state index contributed by atoms with van der Waals surface area (Å²) in [6.45, 7) is 1.72. The van der Waals surface area contributed by atoms with Gasteiger partial charge in [0.15, 0.2) is 0 Å². The number of fused-ring (bicyclic) bond motifs is 1. The molecular weight excluding hydrogens is 444 g/mol. The molecule has 0 radical (unpaired) electrons. The van der Waals surface area contributed by atoms with E-state index >= 15 is 0 Å². The number of hydrazone groups is 1. The van der Waals surface area contributed by atoms with E-state index < -0.39 is 0 Å². The molecule has 0 spiro atoms. The van der Waals surface area contributed by atoms with Crippen molar-refractivity contribution in [3.63, 3.8) is 0 Å². The maximum Gasteiger partial charge on any atom is 0.272 e. The SMILES string of the molecule is CC(=NNC(=O)c1cc(-c2cccnc2)nc2ccccc12)c1cc(Br)ccc1O. The van der Waals surface area contributed by atoms with E-state index in [9.17, 15) is 9.90 Å². The van der Waals surface area contributed by atoms with Gasteiger partial charge in [-0.3, -0.25) is 9.78 Å². The predicted molar refractivity (Wildman–Crippen MR) is 120 cm³/mol. The van der Waals surface area contributed by atoms with Crippen molar-refractivity contribution in [3.05, 3.63) is 88.7 Å². The van der Waals surface area contributed by atoms with Crippen LogP contribution in [0.15, 0.2) is 82.6 Å². The lowest BCUT2D eigenvalue weighted by atomic mass is 10.0. The lowest BCUT2D eigenvalue weighted by Crippen LogP contribution is -2.20. The van der Waals surface area contributed by atoms with E-state index in [0.717, 1.165) is 15.4 Å². The number of para-hydroxylation sites is 1. The highest BCUT2D eigenvalue weighted by Gasteiger charge is 2.14. The van der Waals surface area contributed by atoms with Gasteiger partial charge in [0.25, 0.3) is 5.91 Å². The summed E-state index contributed by atoms with van der Waals surface area (Å²) in [4.78, 5) is 21.8.